The number of nitrogens with zero attached hydrogens (tertiary/aromatic N) is 2. The van der Waals surface area contributed by atoms with Crippen LogP contribution in [0.15, 0.2) is 51.1 Å². The summed E-state index contributed by atoms with van der Waals surface area (Å²) < 4.78 is 37.3. The molecule has 0 amide bonds. The summed E-state index contributed by atoms with van der Waals surface area (Å²) in [6.07, 6.45) is 0. The van der Waals surface area contributed by atoms with Gasteiger partial charge in [0, 0.05) is 0 Å². The van der Waals surface area contributed by atoms with Crippen LogP contribution < -0.4 is 9.46 Å². The van der Waals surface area contributed by atoms with Crippen molar-refractivity contribution in [3.63, 3.8) is 0 Å². The number of ether oxygens (including phenoxy) is 1. The standard InChI is InChI=1S/C14H13N3O4S2/c1-20-10-4-6-11(7-5-10)23(18,19)15-9-13-16-17-14(21-13)12-3-2-8-22-12/h2-8,15H,9H2,1H3. The summed E-state index contributed by atoms with van der Waals surface area (Å²) in [5.74, 6) is 1.16. The van der Waals surface area contributed by atoms with Crippen LogP contribution in [0.4, 0.5) is 0 Å². The van der Waals surface area contributed by atoms with Crippen LogP contribution in [0.3, 0.4) is 0 Å². The largest absolute Gasteiger partial charge is 0.497 e. The van der Waals surface area contributed by atoms with E-state index >= 15 is 0 Å². The van der Waals surface area contributed by atoms with E-state index in [0.29, 0.717) is 11.6 Å². The van der Waals surface area contributed by atoms with E-state index in [1.54, 1.807) is 12.1 Å². The van der Waals surface area contributed by atoms with Crippen LogP contribution >= 0.6 is 11.3 Å². The second-order valence-electron chi connectivity index (χ2n) is 4.48. The molecule has 0 saturated carbocycles. The molecule has 23 heavy (non-hydrogen) atoms. The maximum absolute atomic E-state index is 12.2. The molecule has 2 heterocycles. The third-order valence-corrected chi connectivity index (χ3v) is 5.26. The first-order chi connectivity index (χ1) is 11.1. The third-order valence-electron chi connectivity index (χ3n) is 2.98. The lowest BCUT2D eigenvalue weighted by Gasteiger charge is -2.05. The number of thiophene rings is 1. The summed E-state index contributed by atoms with van der Waals surface area (Å²) >= 11 is 1.47. The van der Waals surface area contributed by atoms with E-state index in [2.05, 4.69) is 14.9 Å². The van der Waals surface area contributed by atoms with E-state index in [1.165, 1.54) is 30.6 Å². The van der Waals surface area contributed by atoms with Crippen molar-refractivity contribution in [3.8, 4) is 16.5 Å². The molecule has 1 aromatic carbocycles. The van der Waals surface area contributed by atoms with Gasteiger partial charge in [0.25, 0.3) is 5.89 Å². The molecule has 0 aliphatic heterocycles. The Labute approximate surface area is 137 Å². The van der Waals surface area contributed by atoms with Crippen molar-refractivity contribution in [2.24, 2.45) is 0 Å². The minimum atomic E-state index is -3.66. The zero-order chi connectivity index (χ0) is 16.3. The zero-order valence-corrected chi connectivity index (χ0v) is 13.7. The molecular formula is C14H13N3O4S2. The van der Waals surface area contributed by atoms with Gasteiger partial charge in [0.2, 0.25) is 15.9 Å². The van der Waals surface area contributed by atoms with Crippen molar-refractivity contribution in [1.29, 1.82) is 0 Å². The van der Waals surface area contributed by atoms with Gasteiger partial charge >= 0.3 is 0 Å². The summed E-state index contributed by atoms with van der Waals surface area (Å²) in [6, 6.07) is 9.81. The number of sulfonamides is 1. The van der Waals surface area contributed by atoms with Gasteiger partial charge in [-0.1, -0.05) is 6.07 Å². The van der Waals surface area contributed by atoms with Crippen molar-refractivity contribution in [1.82, 2.24) is 14.9 Å². The molecule has 3 rings (SSSR count). The predicted octanol–water partition coefficient (Wildman–Crippen LogP) is 2.29. The second kappa shape index (κ2) is 6.49. The van der Waals surface area contributed by atoms with Gasteiger partial charge in [-0.3, -0.25) is 0 Å². The first-order valence-corrected chi connectivity index (χ1v) is 8.95. The highest BCUT2D eigenvalue weighted by molar-refractivity contribution is 7.89. The van der Waals surface area contributed by atoms with Crippen molar-refractivity contribution in [2.75, 3.05) is 7.11 Å². The predicted molar refractivity (Wildman–Crippen MR) is 84.6 cm³/mol. The fourth-order valence-corrected chi connectivity index (χ4v) is 3.44. The van der Waals surface area contributed by atoms with Gasteiger partial charge in [0.05, 0.1) is 23.4 Å². The number of aromatic nitrogens is 2. The monoisotopic (exact) mass is 351 g/mol. The molecule has 0 unspecified atom stereocenters. The Kier molecular flexibility index (Phi) is 4.42. The number of methoxy groups -OCH3 is 1. The summed E-state index contributed by atoms with van der Waals surface area (Å²) in [6.45, 7) is -0.0766. The minimum absolute atomic E-state index is 0.0766. The van der Waals surface area contributed by atoms with Crippen LogP contribution in [0.1, 0.15) is 5.89 Å². The Morgan fingerprint density at radius 2 is 2.00 bits per heavy atom. The van der Waals surface area contributed by atoms with Gasteiger partial charge in [-0.2, -0.15) is 0 Å². The van der Waals surface area contributed by atoms with Gasteiger partial charge in [0.1, 0.15) is 5.75 Å². The molecule has 2 aromatic heterocycles. The molecule has 0 radical (unpaired) electrons. The number of hydrogen-bond acceptors (Lipinski definition) is 7. The van der Waals surface area contributed by atoms with E-state index in [4.69, 9.17) is 9.15 Å². The number of benzene rings is 1. The van der Waals surface area contributed by atoms with E-state index in [9.17, 15) is 8.42 Å². The van der Waals surface area contributed by atoms with Crippen molar-refractivity contribution in [3.05, 3.63) is 47.7 Å². The molecule has 0 fully saturated rings. The highest BCUT2D eigenvalue weighted by Gasteiger charge is 2.16. The van der Waals surface area contributed by atoms with Crippen molar-refractivity contribution >= 4 is 21.4 Å². The fraction of sp³-hybridized carbons (Fsp3) is 0.143. The van der Waals surface area contributed by atoms with Gasteiger partial charge < -0.3 is 9.15 Å². The smallest absolute Gasteiger partial charge is 0.257 e. The minimum Gasteiger partial charge on any atom is -0.497 e. The highest BCUT2D eigenvalue weighted by Crippen LogP contribution is 2.23. The first-order valence-electron chi connectivity index (χ1n) is 6.58. The number of nitrogens with one attached hydrogen (secondary N) is 1. The summed E-state index contributed by atoms with van der Waals surface area (Å²) in [5.41, 5.74) is 0. The molecule has 120 valence electrons. The molecule has 0 spiro atoms. The second-order valence-corrected chi connectivity index (χ2v) is 7.19. The van der Waals surface area contributed by atoms with Crippen LogP contribution in [0.5, 0.6) is 5.75 Å². The fourth-order valence-electron chi connectivity index (χ4n) is 1.82. The first kappa shape index (κ1) is 15.7. The van der Waals surface area contributed by atoms with Crippen LogP contribution in [-0.2, 0) is 16.6 Å². The lowest BCUT2D eigenvalue weighted by Crippen LogP contribution is -2.23. The summed E-state index contributed by atoms with van der Waals surface area (Å²) in [5, 5.41) is 9.63. The maximum Gasteiger partial charge on any atom is 0.257 e. The SMILES string of the molecule is COc1ccc(S(=O)(=O)NCc2nnc(-c3cccs3)o2)cc1. The Hall–Kier alpha value is -2.23. The normalized spacial score (nSPS) is 11.5. The average Bonchev–Trinajstić information content (AvgIpc) is 3.24. The van der Waals surface area contributed by atoms with Gasteiger partial charge in [-0.25, -0.2) is 13.1 Å². The van der Waals surface area contributed by atoms with E-state index in [0.717, 1.165) is 4.88 Å². The Morgan fingerprint density at radius 1 is 1.22 bits per heavy atom. The topological polar surface area (TPSA) is 94.3 Å². The summed E-state index contributed by atoms with van der Waals surface area (Å²) in [4.78, 5) is 0.970. The average molecular weight is 351 g/mol. The molecular weight excluding hydrogens is 338 g/mol. The Balaban J connectivity index is 1.69. The summed E-state index contributed by atoms with van der Waals surface area (Å²) in [7, 11) is -2.14. The molecule has 0 bridgehead atoms. The van der Waals surface area contributed by atoms with E-state index in [1.807, 2.05) is 17.5 Å². The van der Waals surface area contributed by atoms with Crippen LogP contribution in [0.2, 0.25) is 0 Å². The quantitative estimate of drug-likeness (QED) is 0.732. The molecule has 7 nitrogen and oxygen atoms in total. The molecule has 0 aliphatic rings. The lowest BCUT2D eigenvalue weighted by atomic mass is 10.3. The molecule has 1 N–H and O–H groups in total. The van der Waals surface area contributed by atoms with Crippen LogP contribution in [-0.4, -0.2) is 25.7 Å². The van der Waals surface area contributed by atoms with Gasteiger partial charge in [-0.05, 0) is 35.7 Å². The van der Waals surface area contributed by atoms with Crippen LogP contribution in [0, 0.1) is 0 Å². The van der Waals surface area contributed by atoms with E-state index in [-0.39, 0.29) is 17.3 Å². The number of hydrogen-bond donors (Lipinski definition) is 1. The zero-order valence-electron chi connectivity index (χ0n) is 12.1. The molecule has 3 aromatic rings. The third kappa shape index (κ3) is 3.58. The van der Waals surface area contributed by atoms with Crippen molar-refractivity contribution < 1.29 is 17.6 Å². The van der Waals surface area contributed by atoms with Crippen LogP contribution in [0.25, 0.3) is 10.8 Å². The van der Waals surface area contributed by atoms with Gasteiger partial charge in [0.15, 0.2) is 0 Å². The lowest BCUT2D eigenvalue weighted by molar-refractivity contribution is 0.414. The van der Waals surface area contributed by atoms with Gasteiger partial charge in [-0.15, -0.1) is 21.5 Å². The molecule has 0 aliphatic carbocycles. The highest BCUT2D eigenvalue weighted by atomic mass is 32.2. The maximum atomic E-state index is 12.2. The van der Waals surface area contributed by atoms with E-state index < -0.39 is 10.0 Å². The van der Waals surface area contributed by atoms with Crippen molar-refractivity contribution in [2.45, 2.75) is 11.4 Å². The Bertz CT molecular complexity index is 871. The molecule has 0 saturated heterocycles. The molecule has 9 heteroatoms. The Morgan fingerprint density at radius 3 is 2.65 bits per heavy atom. The molecule has 0 atom stereocenters. The number of rotatable bonds is 6.